The number of aromatic hydroxyl groups is 1. The van der Waals surface area contributed by atoms with Crippen LogP contribution in [-0.2, 0) is 13.1 Å². The second kappa shape index (κ2) is 6.53. The molecule has 1 fully saturated rings. The number of fused-ring (bicyclic) bond motifs is 2. The molecule has 0 bridgehead atoms. The molecular weight excluding hydrogens is 353 g/mol. The number of nitrogens with one attached hydrogen (secondary N) is 1. The van der Waals surface area contributed by atoms with Crippen LogP contribution < -0.4 is 10.7 Å². The second-order valence-electron chi connectivity index (χ2n) is 6.83. The number of carbonyl (C=O) groups is 2. The molecule has 2 N–H and O–H groups in total. The van der Waals surface area contributed by atoms with Gasteiger partial charge in [-0.2, -0.15) is 0 Å². The Bertz CT molecular complexity index is 984. The van der Waals surface area contributed by atoms with Crippen molar-refractivity contribution in [3.63, 3.8) is 0 Å². The van der Waals surface area contributed by atoms with Gasteiger partial charge in [0.05, 0.1) is 6.04 Å². The number of rotatable bonds is 3. The minimum Gasteiger partial charge on any atom is -0.503 e. The predicted octanol–water partition coefficient (Wildman–Crippen LogP) is 1.24. The SMILES string of the molecule is O=C(NCc1ccc(F)cc1)c1cn2c(c(O)c1=O)C(=O)N1CCC[C@@H]1C2. The molecule has 2 aliphatic heterocycles. The van der Waals surface area contributed by atoms with Crippen LogP contribution in [0, 0.1) is 5.82 Å². The summed E-state index contributed by atoms with van der Waals surface area (Å²) in [4.78, 5) is 39.1. The van der Waals surface area contributed by atoms with Crippen molar-refractivity contribution >= 4 is 11.8 Å². The highest BCUT2D eigenvalue weighted by Gasteiger charge is 2.38. The van der Waals surface area contributed by atoms with E-state index in [1.165, 1.54) is 35.0 Å². The Kier molecular flexibility index (Phi) is 4.18. The molecule has 0 radical (unpaired) electrons. The lowest BCUT2D eigenvalue weighted by Gasteiger charge is -2.33. The van der Waals surface area contributed by atoms with Gasteiger partial charge in [-0.25, -0.2) is 4.39 Å². The van der Waals surface area contributed by atoms with Crippen LogP contribution >= 0.6 is 0 Å². The maximum absolute atomic E-state index is 12.9. The van der Waals surface area contributed by atoms with Crippen molar-refractivity contribution in [1.82, 2.24) is 14.8 Å². The predicted molar refractivity (Wildman–Crippen MR) is 94.0 cm³/mol. The fourth-order valence-electron chi connectivity index (χ4n) is 3.72. The minimum atomic E-state index is -0.871. The first-order chi connectivity index (χ1) is 13.0. The van der Waals surface area contributed by atoms with Crippen molar-refractivity contribution in [3.05, 3.63) is 63.3 Å². The quantitative estimate of drug-likeness (QED) is 0.849. The Labute approximate surface area is 154 Å². The van der Waals surface area contributed by atoms with E-state index in [1.54, 1.807) is 4.90 Å². The molecule has 0 unspecified atom stereocenters. The highest BCUT2D eigenvalue weighted by Crippen LogP contribution is 2.29. The molecular formula is C19H18FN3O4. The molecule has 2 aromatic rings. The summed E-state index contributed by atoms with van der Waals surface area (Å²) in [7, 11) is 0. The largest absolute Gasteiger partial charge is 0.503 e. The third-order valence-electron chi connectivity index (χ3n) is 5.12. The van der Waals surface area contributed by atoms with Crippen molar-refractivity contribution < 1.29 is 19.1 Å². The van der Waals surface area contributed by atoms with E-state index in [4.69, 9.17) is 0 Å². The molecule has 140 valence electrons. The van der Waals surface area contributed by atoms with Crippen molar-refractivity contribution in [2.45, 2.75) is 32.0 Å². The van der Waals surface area contributed by atoms with E-state index in [2.05, 4.69) is 5.32 Å². The van der Waals surface area contributed by atoms with Crippen LogP contribution in [0.5, 0.6) is 5.75 Å². The molecule has 0 aliphatic carbocycles. The zero-order valence-electron chi connectivity index (χ0n) is 14.4. The highest BCUT2D eigenvalue weighted by atomic mass is 19.1. The van der Waals surface area contributed by atoms with Crippen molar-refractivity contribution in [3.8, 4) is 5.75 Å². The van der Waals surface area contributed by atoms with Gasteiger partial charge in [-0.3, -0.25) is 14.4 Å². The van der Waals surface area contributed by atoms with Crippen LogP contribution in [0.4, 0.5) is 4.39 Å². The number of halogens is 1. The number of amides is 2. The van der Waals surface area contributed by atoms with E-state index >= 15 is 0 Å². The molecule has 4 rings (SSSR count). The average molecular weight is 371 g/mol. The second-order valence-corrected chi connectivity index (χ2v) is 6.83. The number of pyridine rings is 1. The molecule has 3 heterocycles. The smallest absolute Gasteiger partial charge is 0.274 e. The van der Waals surface area contributed by atoms with Crippen LogP contribution in [0.25, 0.3) is 0 Å². The Morgan fingerprint density at radius 2 is 2.00 bits per heavy atom. The number of aromatic nitrogens is 1. The summed E-state index contributed by atoms with van der Waals surface area (Å²) in [6, 6.07) is 5.63. The fraction of sp³-hybridized carbons (Fsp3) is 0.316. The van der Waals surface area contributed by atoms with Crippen LogP contribution in [0.3, 0.4) is 0 Å². The Morgan fingerprint density at radius 1 is 1.26 bits per heavy atom. The van der Waals surface area contributed by atoms with Crippen LogP contribution in [0.1, 0.15) is 39.3 Å². The molecule has 27 heavy (non-hydrogen) atoms. The molecule has 7 nitrogen and oxygen atoms in total. The summed E-state index contributed by atoms with van der Waals surface area (Å²) < 4.78 is 14.4. The Balaban J connectivity index is 1.61. The van der Waals surface area contributed by atoms with Gasteiger partial charge < -0.3 is 19.9 Å². The van der Waals surface area contributed by atoms with Crippen LogP contribution in [-0.4, -0.2) is 39.0 Å². The maximum atomic E-state index is 12.9. The van der Waals surface area contributed by atoms with Gasteiger partial charge in [-0.1, -0.05) is 12.1 Å². The molecule has 1 atom stereocenters. The van der Waals surface area contributed by atoms with Gasteiger partial charge in [0.2, 0.25) is 5.43 Å². The van der Waals surface area contributed by atoms with Gasteiger partial charge in [-0.15, -0.1) is 0 Å². The molecule has 1 saturated heterocycles. The first-order valence-electron chi connectivity index (χ1n) is 8.75. The summed E-state index contributed by atoms with van der Waals surface area (Å²) in [5.41, 5.74) is -0.487. The van der Waals surface area contributed by atoms with Crippen molar-refractivity contribution in [1.29, 1.82) is 0 Å². The number of hydrogen-bond donors (Lipinski definition) is 2. The zero-order valence-corrected chi connectivity index (χ0v) is 14.4. The van der Waals surface area contributed by atoms with E-state index in [0.717, 1.165) is 12.8 Å². The Hall–Kier alpha value is -3.16. The van der Waals surface area contributed by atoms with Crippen molar-refractivity contribution in [2.75, 3.05) is 6.54 Å². The lowest BCUT2D eigenvalue weighted by atomic mass is 10.1. The lowest BCUT2D eigenvalue weighted by Crippen LogP contribution is -2.46. The maximum Gasteiger partial charge on any atom is 0.274 e. The van der Waals surface area contributed by atoms with Crippen LogP contribution in [0.15, 0.2) is 35.3 Å². The first kappa shape index (κ1) is 17.3. The van der Waals surface area contributed by atoms with Gasteiger partial charge in [0.25, 0.3) is 11.8 Å². The fourth-order valence-corrected chi connectivity index (χ4v) is 3.72. The van der Waals surface area contributed by atoms with Gasteiger partial charge in [0, 0.05) is 25.8 Å². The number of hydrogen-bond acceptors (Lipinski definition) is 4. The van der Waals surface area contributed by atoms with E-state index in [-0.39, 0.29) is 35.6 Å². The monoisotopic (exact) mass is 371 g/mol. The topological polar surface area (TPSA) is 91.6 Å². The van der Waals surface area contributed by atoms with Gasteiger partial charge in [0.1, 0.15) is 11.4 Å². The third kappa shape index (κ3) is 2.97. The summed E-state index contributed by atoms with van der Waals surface area (Å²) in [5, 5.41) is 12.9. The summed E-state index contributed by atoms with van der Waals surface area (Å²) in [6.07, 6.45) is 3.07. The van der Waals surface area contributed by atoms with Gasteiger partial charge >= 0.3 is 0 Å². The zero-order chi connectivity index (χ0) is 19.1. The molecule has 1 aromatic heterocycles. The van der Waals surface area contributed by atoms with Crippen molar-refractivity contribution in [2.24, 2.45) is 0 Å². The van der Waals surface area contributed by atoms with E-state index in [0.29, 0.717) is 18.7 Å². The third-order valence-corrected chi connectivity index (χ3v) is 5.12. The summed E-state index contributed by atoms with van der Waals surface area (Å²) in [5.74, 6) is -2.11. The van der Waals surface area contributed by atoms with Gasteiger partial charge in [-0.05, 0) is 30.5 Å². The van der Waals surface area contributed by atoms with E-state index < -0.39 is 17.1 Å². The summed E-state index contributed by atoms with van der Waals surface area (Å²) >= 11 is 0. The lowest BCUT2D eigenvalue weighted by molar-refractivity contribution is 0.0659. The van der Waals surface area contributed by atoms with E-state index in [1.807, 2.05) is 0 Å². The molecule has 0 spiro atoms. The number of benzene rings is 1. The molecule has 2 amide bonds. The van der Waals surface area contributed by atoms with E-state index in [9.17, 15) is 23.9 Å². The molecule has 0 saturated carbocycles. The molecule has 2 aliphatic rings. The Morgan fingerprint density at radius 3 is 2.74 bits per heavy atom. The average Bonchev–Trinajstić information content (AvgIpc) is 3.12. The number of carbonyl (C=O) groups excluding carboxylic acids is 2. The van der Waals surface area contributed by atoms with Gasteiger partial charge in [0.15, 0.2) is 11.4 Å². The normalized spacial score (nSPS) is 18.2. The number of nitrogens with zero attached hydrogens (tertiary/aromatic N) is 2. The highest BCUT2D eigenvalue weighted by molar-refractivity contribution is 5.99. The minimum absolute atomic E-state index is 0.0158. The standard InChI is InChI=1S/C19H18FN3O4/c20-12-5-3-11(4-6-12)8-21-18(26)14-10-22-9-13-2-1-7-23(13)19(27)15(22)17(25)16(14)24/h3-6,10,13,25H,1-2,7-9H2,(H,21,26)/t13-/m1/s1. The molecule has 1 aromatic carbocycles. The summed E-state index contributed by atoms with van der Waals surface area (Å²) in [6.45, 7) is 1.15. The molecule has 8 heteroatoms. The first-order valence-corrected chi connectivity index (χ1v) is 8.75. The van der Waals surface area contributed by atoms with Crippen LogP contribution in [0.2, 0.25) is 0 Å².